The van der Waals surface area contributed by atoms with E-state index in [0.29, 0.717) is 13.1 Å². The minimum atomic E-state index is -0.804. The van der Waals surface area contributed by atoms with Crippen LogP contribution in [0.25, 0.3) is 10.4 Å². The van der Waals surface area contributed by atoms with Crippen LogP contribution >= 0.6 is 11.3 Å². The molecular weight excluding hydrogens is 547 g/mol. The number of β-amino-alcohol motifs (C(OH)–C–C–N with tert-alkyl or cyclic N) is 1. The molecule has 1 aromatic heterocycles. The first kappa shape index (κ1) is 32.2. The molecule has 0 bridgehead atoms. The third-order valence-electron chi connectivity index (χ3n) is 8.76. The number of aliphatic hydroxyl groups is 1. The van der Waals surface area contributed by atoms with Crippen LogP contribution in [0.1, 0.15) is 96.4 Å². The molecule has 42 heavy (non-hydrogen) atoms. The van der Waals surface area contributed by atoms with Gasteiger partial charge in [0, 0.05) is 13.0 Å². The zero-order valence-electron chi connectivity index (χ0n) is 25.8. The van der Waals surface area contributed by atoms with E-state index in [1.165, 1.54) is 24.2 Å². The van der Waals surface area contributed by atoms with Crippen LogP contribution in [0.15, 0.2) is 29.8 Å². The Morgan fingerprint density at radius 2 is 1.69 bits per heavy atom. The largest absolute Gasteiger partial charge is 0.391 e. The molecule has 2 heterocycles. The Kier molecular flexibility index (Phi) is 10.9. The van der Waals surface area contributed by atoms with Gasteiger partial charge in [-0.05, 0) is 30.4 Å². The highest BCUT2D eigenvalue weighted by atomic mass is 32.1. The van der Waals surface area contributed by atoms with Crippen LogP contribution in [0.4, 0.5) is 4.79 Å². The predicted molar refractivity (Wildman–Crippen MR) is 170 cm³/mol. The molecule has 1 aliphatic heterocycles. The molecule has 3 N–H and O–H groups in total. The average Bonchev–Trinajstić information content (AvgIpc) is 3.53. The Balaban J connectivity index is 1.41. The Morgan fingerprint density at radius 1 is 1.05 bits per heavy atom. The number of carbonyl (C=O) groups is 3. The Labute approximate surface area is 255 Å². The number of aromatic nitrogens is 1. The van der Waals surface area contributed by atoms with Gasteiger partial charge in [-0.25, -0.2) is 4.98 Å². The van der Waals surface area contributed by atoms with E-state index in [2.05, 4.69) is 15.6 Å². The second-order valence-corrected chi connectivity index (χ2v) is 14.2. The zero-order chi connectivity index (χ0) is 30.4. The first-order valence-electron chi connectivity index (χ1n) is 15.5. The number of rotatable bonds is 8. The lowest BCUT2D eigenvalue weighted by Crippen LogP contribution is -2.58. The van der Waals surface area contributed by atoms with E-state index >= 15 is 0 Å². The van der Waals surface area contributed by atoms with Crippen molar-refractivity contribution in [2.75, 3.05) is 6.54 Å². The molecule has 0 spiro atoms. The molecule has 1 aromatic carbocycles. The highest BCUT2D eigenvalue weighted by molar-refractivity contribution is 7.13. The number of likely N-dealkylation sites (tertiary alicyclic amines) is 1. The van der Waals surface area contributed by atoms with E-state index < -0.39 is 23.6 Å². The van der Waals surface area contributed by atoms with E-state index in [9.17, 15) is 19.5 Å². The SMILES string of the molecule is Cc1ncsc1-c1ccc([C@H](C)NC(=O)[C@@H]2C[C@@H](O)CN2C(=O)C(NC(=O)BC2CCCCCCC2)C(C)(C)C)cc1. The van der Waals surface area contributed by atoms with Crippen molar-refractivity contribution < 1.29 is 19.5 Å². The van der Waals surface area contributed by atoms with Gasteiger partial charge < -0.3 is 20.6 Å². The minimum absolute atomic E-state index is 0.0687. The van der Waals surface area contributed by atoms with Gasteiger partial charge in [0.1, 0.15) is 12.1 Å². The van der Waals surface area contributed by atoms with Gasteiger partial charge in [-0.3, -0.25) is 14.4 Å². The summed E-state index contributed by atoms with van der Waals surface area (Å²) in [6, 6.07) is 6.16. The van der Waals surface area contributed by atoms with Crippen LogP contribution in [-0.2, 0) is 9.59 Å². The molecule has 3 amide bonds. The van der Waals surface area contributed by atoms with Crippen LogP contribution < -0.4 is 10.6 Å². The predicted octanol–water partition coefficient (Wildman–Crippen LogP) is 5.35. The lowest BCUT2D eigenvalue weighted by molar-refractivity contribution is -0.142. The van der Waals surface area contributed by atoms with Gasteiger partial charge in [0.05, 0.1) is 28.2 Å². The maximum absolute atomic E-state index is 13.9. The van der Waals surface area contributed by atoms with Crippen LogP contribution in [0.2, 0.25) is 5.82 Å². The summed E-state index contributed by atoms with van der Waals surface area (Å²) in [4.78, 5) is 47.5. The van der Waals surface area contributed by atoms with Crippen molar-refractivity contribution in [2.24, 2.45) is 5.41 Å². The summed E-state index contributed by atoms with van der Waals surface area (Å²) >= 11 is 1.60. The molecule has 2 aliphatic rings. The van der Waals surface area contributed by atoms with Crippen molar-refractivity contribution in [3.05, 3.63) is 41.0 Å². The molecule has 10 heteroatoms. The Bertz CT molecular complexity index is 1220. The zero-order valence-corrected chi connectivity index (χ0v) is 26.6. The lowest BCUT2D eigenvalue weighted by atomic mass is 9.59. The standard InChI is InChI=1S/C32H47BN4O4S/c1-20(22-13-15-23(16-14-22)27-21(2)34-19-42-27)35-29(39)26-17-25(38)18-37(26)30(40)28(32(3,4)5)36-31(41)33-24-11-9-7-6-8-10-12-24/h13-16,19-20,24-26,28,33,38H,6-12,17-18H2,1-5H3,(H,35,39)(H,36,41)/t20-,25+,26-,28?/m0/s1. The number of hydrogen-bond donors (Lipinski definition) is 3. The van der Waals surface area contributed by atoms with Crippen LogP contribution in [0, 0.1) is 12.3 Å². The maximum atomic E-state index is 13.9. The van der Waals surface area contributed by atoms with Crippen molar-refractivity contribution in [3.8, 4) is 10.4 Å². The topological polar surface area (TPSA) is 112 Å². The van der Waals surface area contributed by atoms with Crippen LogP contribution in [0.3, 0.4) is 0 Å². The van der Waals surface area contributed by atoms with Crippen LogP contribution in [-0.4, -0.2) is 64.6 Å². The minimum Gasteiger partial charge on any atom is -0.391 e. The van der Waals surface area contributed by atoms with Gasteiger partial charge in [0.2, 0.25) is 19.1 Å². The monoisotopic (exact) mass is 594 g/mol. The third-order valence-corrected chi connectivity index (χ3v) is 9.74. The average molecular weight is 595 g/mol. The van der Waals surface area contributed by atoms with Gasteiger partial charge >= 0.3 is 0 Å². The molecule has 1 unspecified atom stereocenters. The van der Waals surface area contributed by atoms with E-state index in [0.717, 1.165) is 47.4 Å². The fourth-order valence-corrected chi connectivity index (χ4v) is 7.05. The molecule has 8 nitrogen and oxygen atoms in total. The van der Waals surface area contributed by atoms with E-state index in [-0.39, 0.29) is 36.6 Å². The van der Waals surface area contributed by atoms with Crippen molar-refractivity contribution in [3.63, 3.8) is 0 Å². The molecule has 4 atom stereocenters. The van der Waals surface area contributed by atoms with Gasteiger partial charge in [-0.1, -0.05) is 95.8 Å². The van der Waals surface area contributed by atoms with Gasteiger partial charge in [-0.2, -0.15) is 0 Å². The van der Waals surface area contributed by atoms with Crippen molar-refractivity contribution in [1.29, 1.82) is 0 Å². The summed E-state index contributed by atoms with van der Waals surface area (Å²) in [7, 11) is 0.422. The second kappa shape index (κ2) is 14.2. The van der Waals surface area contributed by atoms with Gasteiger partial charge in [0.25, 0.3) is 0 Å². The van der Waals surface area contributed by atoms with E-state index in [1.54, 1.807) is 11.3 Å². The van der Waals surface area contributed by atoms with Crippen LogP contribution in [0.5, 0.6) is 0 Å². The first-order valence-corrected chi connectivity index (χ1v) is 16.4. The molecule has 228 valence electrons. The number of carbonyl (C=O) groups excluding carboxylic acids is 3. The quantitative estimate of drug-likeness (QED) is 0.357. The maximum Gasteiger partial charge on any atom is 0.246 e. The Morgan fingerprint density at radius 3 is 2.29 bits per heavy atom. The summed E-state index contributed by atoms with van der Waals surface area (Å²) in [5.74, 6) is -0.389. The highest BCUT2D eigenvalue weighted by Crippen LogP contribution is 2.30. The molecule has 0 radical (unpaired) electrons. The summed E-state index contributed by atoms with van der Waals surface area (Å²) in [5.41, 5.74) is 4.29. The third kappa shape index (κ3) is 8.22. The second-order valence-electron chi connectivity index (χ2n) is 13.3. The number of aliphatic hydroxyl groups excluding tert-OH is 1. The number of thiazole rings is 1. The highest BCUT2D eigenvalue weighted by Gasteiger charge is 2.44. The smallest absolute Gasteiger partial charge is 0.246 e. The fourth-order valence-electron chi connectivity index (χ4n) is 6.24. The molecule has 1 saturated carbocycles. The van der Waals surface area contributed by atoms with Crippen molar-refractivity contribution in [2.45, 2.75) is 116 Å². The summed E-state index contributed by atoms with van der Waals surface area (Å²) in [5, 5.41) is 16.6. The molecule has 1 saturated heterocycles. The van der Waals surface area contributed by atoms with E-state index in [4.69, 9.17) is 0 Å². The summed E-state index contributed by atoms with van der Waals surface area (Å²) < 4.78 is 0. The number of nitrogens with zero attached hydrogens (tertiary/aromatic N) is 2. The normalized spacial score (nSPS) is 21.6. The molecule has 2 fully saturated rings. The molecule has 2 aromatic rings. The number of amides is 3. The van der Waals surface area contributed by atoms with Crippen molar-refractivity contribution in [1.82, 2.24) is 20.5 Å². The Hall–Kier alpha value is -2.72. The number of aryl methyl sites for hydroxylation is 1. The lowest BCUT2D eigenvalue weighted by Gasteiger charge is -2.36. The number of nitrogens with one attached hydrogen (secondary N) is 2. The molecular formula is C32H47BN4O4S. The summed E-state index contributed by atoms with van der Waals surface area (Å²) in [6.45, 7) is 9.74. The van der Waals surface area contributed by atoms with E-state index in [1.807, 2.05) is 64.4 Å². The first-order chi connectivity index (χ1) is 19.9. The molecule has 1 aliphatic carbocycles. The number of hydrogen-bond acceptors (Lipinski definition) is 6. The van der Waals surface area contributed by atoms with Crippen molar-refractivity contribution >= 4 is 36.2 Å². The number of benzene rings is 1. The summed E-state index contributed by atoms with van der Waals surface area (Å²) in [6.07, 6.45) is 7.48. The fraction of sp³-hybridized carbons (Fsp3) is 0.625. The van der Waals surface area contributed by atoms with Gasteiger partial charge in [-0.15, -0.1) is 11.3 Å². The van der Waals surface area contributed by atoms with Gasteiger partial charge in [0.15, 0.2) is 5.81 Å². The molecule has 4 rings (SSSR count).